The third-order valence-corrected chi connectivity index (χ3v) is 7.91. The Morgan fingerprint density at radius 3 is 1.71 bits per heavy atom. The summed E-state index contributed by atoms with van der Waals surface area (Å²) >= 11 is 0. The number of hydrogen-bond acceptors (Lipinski definition) is 3. The lowest BCUT2D eigenvalue weighted by molar-refractivity contribution is -0.139. The van der Waals surface area contributed by atoms with E-state index < -0.39 is 22.0 Å². The van der Waals surface area contributed by atoms with Crippen molar-refractivity contribution in [2.24, 2.45) is 0 Å². The SMILES string of the molecule is CCCCC(NS(=O)(=O)CCCCCCCCCCCCCCCCc1ccccc1)C(=O)O. The van der Waals surface area contributed by atoms with Gasteiger partial charge in [0, 0.05) is 0 Å². The summed E-state index contributed by atoms with van der Waals surface area (Å²) in [4.78, 5) is 11.2. The van der Waals surface area contributed by atoms with Crippen molar-refractivity contribution in [3.63, 3.8) is 0 Å². The lowest BCUT2D eigenvalue weighted by Crippen LogP contribution is -2.41. The minimum absolute atomic E-state index is 0.0230. The highest BCUT2D eigenvalue weighted by molar-refractivity contribution is 7.89. The van der Waals surface area contributed by atoms with Crippen molar-refractivity contribution < 1.29 is 18.3 Å². The van der Waals surface area contributed by atoms with Gasteiger partial charge in [0.1, 0.15) is 6.04 Å². The second-order valence-corrected chi connectivity index (χ2v) is 11.5. The second-order valence-electron chi connectivity index (χ2n) is 9.66. The fourth-order valence-corrected chi connectivity index (χ4v) is 5.66. The zero-order chi connectivity index (χ0) is 24.9. The van der Waals surface area contributed by atoms with E-state index in [4.69, 9.17) is 0 Å². The van der Waals surface area contributed by atoms with Crippen molar-refractivity contribution in [1.29, 1.82) is 0 Å². The Balaban J connectivity index is 1.87. The van der Waals surface area contributed by atoms with Crippen LogP contribution in [0.2, 0.25) is 0 Å². The molecule has 0 saturated carbocycles. The number of aliphatic carboxylic acids is 1. The first-order chi connectivity index (χ1) is 16.4. The number of aryl methyl sites for hydroxylation is 1. The molecule has 0 heterocycles. The zero-order valence-electron chi connectivity index (χ0n) is 21.5. The van der Waals surface area contributed by atoms with Crippen molar-refractivity contribution in [2.45, 2.75) is 129 Å². The van der Waals surface area contributed by atoms with Crippen LogP contribution in [0.3, 0.4) is 0 Å². The van der Waals surface area contributed by atoms with Crippen LogP contribution < -0.4 is 4.72 Å². The number of benzene rings is 1. The maximum Gasteiger partial charge on any atom is 0.321 e. The van der Waals surface area contributed by atoms with Gasteiger partial charge in [-0.1, -0.05) is 127 Å². The molecule has 1 rings (SSSR count). The summed E-state index contributed by atoms with van der Waals surface area (Å²) in [5, 5.41) is 9.18. The van der Waals surface area contributed by atoms with Gasteiger partial charge in [-0.25, -0.2) is 13.1 Å². The quantitative estimate of drug-likeness (QED) is 0.157. The van der Waals surface area contributed by atoms with Crippen LogP contribution >= 0.6 is 0 Å². The van der Waals surface area contributed by atoms with Crippen molar-refractivity contribution in [3.8, 4) is 0 Å². The van der Waals surface area contributed by atoms with Gasteiger partial charge in [0.15, 0.2) is 0 Å². The largest absolute Gasteiger partial charge is 0.480 e. The summed E-state index contributed by atoms with van der Waals surface area (Å²) in [5.41, 5.74) is 1.45. The van der Waals surface area contributed by atoms with E-state index in [9.17, 15) is 18.3 Å². The van der Waals surface area contributed by atoms with E-state index in [0.717, 1.165) is 25.7 Å². The van der Waals surface area contributed by atoms with E-state index in [1.807, 2.05) is 6.92 Å². The molecule has 1 unspecified atom stereocenters. The number of sulfonamides is 1. The molecule has 34 heavy (non-hydrogen) atoms. The minimum Gasteiger partial charge on any atom is -0.480 e. The molecule has 0 aromatic heterocycles. The number of rotatable bonds is 23. The first-order valence-corrected chi connectivity index (χ1v) is 15.4. The maximum absolute atomic E-state index is 12.1. The summed E-state index contributed by atoms with van der Waals surface area (Å²) in [5.74, 6) is -1.06. The molecule has 0 radical (unpaired) electrons. The molecule has 1 aromatic rings. The summed E-state index contributed by atoms with van der Waals surface area (Å²) in [7, 11) is -3.52. The molecule has 5 nitrogen and oxygen atoms in total. The molecule has 0 saturated heterocycles. The van der Waals surface area contributed by atoms with Gasteiger partial charge in [0.05, 0.1) is 5.75 Å². The fraction of sp³-hybridized carbons (Fsp3) is 0.750. The molecule has 6 heteroatoms. The van der Waals surface area contributed by atoms with Crippen molar-refractivity contribution in [1.82, 2.24) is 4.72 Å². The van der Waals surface area contributed by atoms with E-state index in [1.54, 1.807) is 0 Å². The van der Waals surface area contributed by atoms with Gasteiger partial charge in [0.25, 0.3) is 0 Å². The fourth-order valence-electron chi connectivity index (χ4n) is 4.30. The Labute approximate surface area is 209 Å². The molecule has 0 fully saturated rings. The van der Waals surface area contributed by atoms with E-state index in [0.29, 0.717) is 19.3 Å². The number of carboxylic acids is 1. The number of hydrogen-bond donors (Lipinski definition) is 2. The molecule has 1 aromatic carbocycles. The zero-order valence-corrected chi connectivity index (χ0v) is 22.3. The lowest BCUT2D eigenvalue weighted by Gasteiger charge is -2.14. The van der Waals surface area contributed by atoms with Crippen LogP contribution in [0.5, 0.6) is 0 Å². The minimum atomic E-state index is -3.52. The van der Waals surface area contributed by atoms with Gasteiger partial charge in [-0.2, -0.15) is 0 Å². The van der Waals surface area contributed by atoms with Crippen LogP contribution in [-0.4, -0.2) is 31.3 Å². The summed E-state index contributed by atoms with van der Waals surface area (Å²) < 4.78 is 26.6. The normalized spacial score (nSPS) is 12.6. The third-order valence-electron chi connectivity index (χ3n) is 6.44. The second kappa shape index (κ2) is 19.9. The standard InChI is InChI=1S/C28H49NO4S/c1-2-3-24-27(28(30)31)29-34(32,33)25-20-15-13-11-9-7-5-4-6-8-10-12-14-17-21-26-22-18-16-19-23-26/h16,18-19,22-23,27,29H,2-15,17,20-21,24-25H2,1H3,(H,30,31). The van der Waals surface area contributed by atoms with Crippen molar-refractivity contribution >= 4 is 16.0 Å². The lowest BCUT2D eigenvalue weighted by atomic mass is 10.0. The number of carbonyl (C=O) groups is 1. The van der Waals surface area contributed by atoms with Crippen LogP contribution in [0, 0.1) is 0 Å². The Morgan fingerprint density at radius 1 is 0.765 bits per heavy atom. The molecular weight excluding hydrogens is 446 g/mol. The topological polar surface area (TPSA) is 83.5 Å². The predicted molar refractivity (Wildman–Crippen MR) is 143 cm³/mol. The number of unbranched alkanes of at least 4 members (excludes halogenated alkanes) is 14. The molecule has 1 atom stereocenters. The molecule has 196 valence electrons. The highest BCUT2D eigenvalue weighted by Crippen LogP contribution is 2.14. The summed E-state index contributed by atoms with van der Waals surface area (Å²) in [6.07, 6.45) is 20.0. The Kier molecular flexibility index (Phi) is 17.9. The first-order valence-electron chi connectivity index (χ1n) is 13.7. The molecule has 0 bridgehead atoms. The van der Waals surface area contributed by atoms with Gasteiger partial charge in [-0.05, 0) is 31.2 Å². The van der Waals surface area contributed by atoms with Gasteiger partial charge in [-0.15, -0.1) is 0 Å². The molecule has 0 spiro atoms. The summed E-state index contributed by atoms with van der Waals surface area (Å²) in [6.45, 7) is 1.96. The van der Waals surface area contributed by atoms with E-state index in [1.165, 1.54) is 76.2 Å². The van der Waals surface area contributed by atoms with E-state index in [-0.39, 0.29) is 5.75 Å². The maximum atomic E-state index is 12.1. The van der Waals surface area contributed by atoms with Crippen molar-refractivity contribution in [3.05, 3.63) is 35.9 Å². The Bertz CT molecular complexity index is 721. The van der Waals surface area contributed by atoms with Crippen LogP contribution in [0.15, 0.2) is 30.3 Å². The molecule has 0 aliphatic rings. The highest BCUT2D eigenvalue weighted by atomic mass is 32.2. The molecule has 0 aliphatic heterocycles. The first kappa shape index (κ1) is 30.6. The van der Waals surface area contributed by atoms with Gasteiger partial charge >= 0.3 is 5.97 Å². The molecule has 2 N–H and O–H groups in total. The van der Waals surface area contributed by atoms with Gasteiger partial charge in [-0.3, -0.25) is 4.79 Å². The number of carboxylic acid groups (broad SMARTS) is 1. The average molecular weight is 496 g/mol. The monoisotopic (exact) mass is 495 g/mol. The van der Waals surface area contributed by atoms with Crippen LogP contribution in [-0.2, 0) is 21.2 Å². The van der Waals surface area contributed by atoms with Crippen LogP contribution in [0.1, 0.15) is 122 Å². The number of nitrogens with one attached hydrogen (secondary N) is 1. The predicted octanol–water partition coefficient (Wildman–Crippen LogP) is 7.25. The highest BCUT2D eigenvalue weighted by Gasteiger charge is 2.22. The van der Waals surface area contributed by atoms with E-state index in [2.05, 4.69) is 35.1 Å². The average Bonchev–Trinajstić information content (AvgIpc) is 2.82. The van der Waals surface area contributed by atoms with Crippen molar-refractivity contribution in [2.75, 3.05) is 5.75 Å². The van der Waals surface area contributed by atoms with Crippen LogP contribution in [0.4, 0.5) is 0 Å². The van der Waals surface area contributed by atoms with Crippen LogP contribution in [0.25, 0.3) is 0 Å². The molecular formula is C28H49NO4S. The molecule has 0 aliphatic carbocycles. The third kappa shape index (κ3) is 17.1. The Hall–Kier alpha value is -1.40. The Morgan fingerprint density at radius 2 is 1.24 bits per heavy atom. The van der Waals surface area contributed by atoms with E-state index >= 15 is 0 Å². The smallest absolute Gasteiger partial charge is 0.321 e. The van der Waals surface area contributed by atoms with Gasteiger partial charge < -0.3 is 5.11 Å². The van der Waals surface area contributed by atoms with Gasteiger partial charge in [0.2, 0.25) is 10.0 Å². The summed E-state index contributed by atoms with van der Waals surface area (Å²) in [6, 6.07) is 9.76. The molecule has 0 amide bonds.